The van der Waals surface area contributed by atoms with Gasteiger partial charge in [0.2, 0.25) is 0 Å². The molecule has 0 aliphatic carbocycles. The lowest BCUT2D eigenvalue weighted by Crippen LogP contribution is -2.22. The monoisotopic (exact) mass is 369 g/mol. The number of thiophene rings is 1. The molecule has 132 valence electrons. The minimum absolute atomic E-state index is 0.141. The summed E-state index contributed by atoms with van der Waals surface area (Å²) in [5, 5.41) is 2.91. The van der Waals surface area contributed by atoms with E-state index in [-0.39, 0.29) is 11.7 Å². The predicted octanol–water partition coefficient (Wildman–Crippen LogP) is 4.26. The van der Waals surface area contributed by atoms with Gasteiger partial charge in [0.05, 0.1) is 4.88 Å². The summed E-state index contributed by atoms with van der Waals surface area (Å²) in [5.41, 5.74) is 1.83. The summed E-state index contributed by atoms with van der Waals surface area (Å²) < 4.78 is 24.1. The van der Waals surface area contributed by atoms with Crippen LogP contribution in [0, 0.1) is 5.82 Å². The summed E-state index contributed by atoms with van der Waals surface area (Å²) in [6.45, 7) is 1.49. The molecule has 0 saturated heterocycles. The Morgan fingerprint density at radius 3 is 2.58 bits per heavy atom. The number of halogens is 1. The molecule has 26 heavy (non-hydrogen) atoms. The lowest BCUT2D eigenvalue weighted by molar-refractivity contribution is 0.0955. The van der Waals surface area contributed by atoms with E-state index in [1.165, 1.54) is 23.5 Å². The molecule has 1 amide bonds. The van der Waals surface area contributed by atoms with Crippen LogP contribution < -0.4 is 14.8 Å². The van der Waals surface area contributed by atoms with E-state index in [0.29, 0.717) is 30.4 Å². The van der Waals surface area contributed by atoms with E-state index >= 15 is 0 Å². The highest BCUT2D eigenvalue weighted by Gasteiger charge is 2.13. The summed E-state index contributed by atoms with van der Waals surface area (Å²) in [6, 6.07) is 15.5. The first-order valence-electron chi connectivity index (χ1n) is 8.21. The minimum atomic E-state index is -0.275. The van der Waals surface area contributed by atoms with E-state index in [4.69, 9.17) is 9.47 Å². The van der Waals surface area contributed by atoms with Crippen molar-refractivity contribution in [2.75, 3.05) is 13.2 Å². The van der Waals surface area contributed by atoms with E-state index < -0.39 is 0 Å². The van der Waals surface area contributed by atoms with Gasteiger partial charge < -0.3 is 14.8 Å². The Balaban J connectivity index is 1.41. The first kappa shape index (κ1) is 16.6. The van der Waals surface area contributed by atoms with Gasteiger partial charge >= 0.3 is 0 Å². The van der Waals surface area contributed by atoms with E-state index in [9.17, 15) is 9.18 Å². The molecule has 4 nitrogen and oxygen atoms in total. The minimum Gasteiger partial charge on any atom is -0.486 e. The van der Waals surface area contributed by atoms with Crippen LogP contribution in [0.5, 0.6) is 11.5 Å². The molecule has 0 radical (unpaired) electrons. The summed E-state index contributed by atoms with van der Waals surface area (Å²) in [4.78, 5) is 13.9. The number of hydrogen-bond acceptors (Lipinski definition) is 4. The third kappa shape index (κ3) is 3.55. The summed E-state index contributed by atoms with van der Waals surface area (Å²) in [5.74, 6) is 1.02. The van der Waals surface area contributed by atoms with Crippen molar-refractivity contribution < 1.29 is 18.7 Å². The number of fused-ring (bicyclic) bond motifs is 1. The van der Waals surface area contributed by atoms with Crippen LogP contribution in [-0.2, 0) is 6.54 Å². The molecule has 1 N–H and O–H groups in total. The van der Waals surface area contributed by atoms with Gasteiger partial charge in [-0.25, -0.2) is 4.39 Å². The second kappa shape index (κ2) is 7.17. The fourth-order valence-electron chi connectivity index (χ4n) is 2.70. The fourth-order valence-corrected chi connectivity index (χ4v) is 3.62. The fraction of sp³-hybridized carbons (Fsp3) is 0.150. The molecule has 0 bridgehead atoms. The van der Waals surface area contributed by atoms with Crippen LogP contribution in [0.15, 0.2) is 54.6 Å². The average molecular weight is 369 g/mol. The maximum Gasteiger partial charge on any atom is 0.261 e. The number of hydrogen-bond donors (Lipinski definition) is 1. The first-order chi connectivity index (χ1) is 12.7. The lowest BCUT2D eigenvalue weighted by Gasteiger charge is -2.18. The zero-order valence-electron chi connectivity index (χ0n) is 13.8. The molecule has 0 atom stereocenters. The number of carbonyl (C=O) groups excluding carboxylic acids is 1. The van der Waals surface area contributed by atoms with Crippen LogP contribution in [0.4, 0.5) is 4.39 Å². The Labute approximate surface area is 154 Å². The Kier molecular flexibility index (Phi) is 4.58. The molecule has 0 fully saturated rings. The highest BCUT2D eigenvalue weighted by Crippen LogP contribution is 2.31. The standard InChI is InChI=1S/C20H16FNO3S/c21-15-4-2-14(3-5-15)18-7-8-19(26-18)20(23)22-12-13-1-6-16-17(11-13)25-10-9-24-16/h1-8,11H,9-10,12H2,(H,22,23). The van der Waals surface area contributed by atoms with Gasteiger partial charge in [0, 0.05) is 11.4 Å². The van der Waals surface area contributed by atoms with E-state index in [1.54, 1.807) is 18.2 Å². The molecule has 0 spiro atoms. The zero-order valence-corrected chi connectivity index (χ0v) is 14.6. The van der Waals surface area contributed by atoms with Crippen molar-refractivity contribution in [3.63, 3.8) is 0 Å². The first-order valence-corrected chi connectivity index (χ1v) is 9.03. The lowest BCUT2D eigenvalue weighted by atomic mass is 10.2. The van der Waals surface area contributed by atoms with Crippen molar-refractivity contribution in [3.8, 4) is 21.9 Å². The normalized spacial score (nSPS) is 12.7. The van der Waals surface area contributed by atoms with Gasteiger partial charge in [-0.1, -0.05) is 18.2 Å². The van der Waals surface area contributed by atoms with Crippen LogP contribution in [-0.4, -0.2) is 19.1 Å². The second-order valence-corrected chi connectivity index (χ2v) is 6.92. The summed E-state index contributed by atoms with van der Waals surface area (Å²) in [7, 11) is 0. The number of benzene rings is 2. The maximum absolute atomic E-state index is 13.0. The summed E-state index contributed by atoms with van der Waals surface area (Å²) in [6.07, 6.45) is 0. The van der Waals surface area contributed by atoms with Crippen molar-refractivity contribution in [2.45, 2.75) is 6.54 Å². The van der Waals surface area contributed by atoms with Crippen molar-refractivity contribution in [1.29, 1.82) is 0 Å². The highest BCUT2D eigenvalue weighted by molar-refractivity contribution is 7.17. The Hall–Kier alpha value is -2.86. The van der Waals surface area contributed by atoms with Gasteiger partial charge in [-0.3, -0.25) is 4.79 Å². The molecule has 2 aromatic carbocycles. The molecule has 4 rings (SSSR count). The summed E-state index contributed by atoms with van der Waals surface area (Å²) >= 11 is 1.38. The van der Waals surface area contributed by atoms with Gasteiger partial charge in [-0.05, 0) is 47.5 Å². The molecule has 2 heterocycles. The van der Waals surface area contributed by atoms with Crippen molar-refractivity contribution in [2.24, 2.45) is 0 Å². The smallest absolute Gasteiger partial charge is 0.261 e. The molecule has 0 unspecified atom stereocenters. The quantitative estimate of drug-likeness (QED) is 0.748. The molecule has 6 heteroatoms. The van der Waals surface area contributed by atoms with E-state index in [1.807, 2.05) is 24.3 Å². The van der Waals surface area contributed by atoms with Crippen LogP contribution >= 0.6 is 11.3 Å². The maximum atomic E-state index is 13.0. The van der Waals surface area contributed by atoms with Crippen molar-refractivity contribution >= 4 is 17.2 Å². The van der Waals surface area contributed by atoms with E-state index in [0.717, 1.165) is 21.8 Å². The highest BCUT2D eigenvalue weighted by atomic mass is 32.1. The van der Waals surface area contributed by atoms with Crippen LogP contribution in [0.3, 0.4) is 0 Å². The number of rotatable bonds is 4. The van der Waals surface area contributed by atoms with Gasteiger partial charge in [0.1, 0.15) is 19.0 Å². The molecule has 1 aromatic heterocycles. The number of amides is 1. The number of ether oxygens (including phenoxy) is 2. The van der Waals surface area contributed by atoms with Crippen molar-refractivity contribution in [3.05, 3.63) is 70.9 Å². The van der Waals surface area contributed by atoms with Gasteiger partial charge in [0.25, 0.3) is 5.91 Å². The van der Waals surface area contributed by atoms with Crippen molar-refractivity contribution in [1.82, 2.24) is 5.32 Å². The predicted molar refractivity (Wildman–Crippen MR) is 98.3 cm³/mol. The molecular formula is C20H16FNO3S. The van der Waals surface area contributed by atoms with Gasteiger partial charge in [0.15, 0.2) is 11.5 Å². The number of nitrogens with one attached hydrogen (secondary N) is 1. The van der Waals surface area contributed by atoms with Crippen LogP contribution in [0.25, 0.3) is 10.4 Å². The van der Waals surface area contributed by atoms with Crippen LogP contribution in [0.2, 0.25) is 0 Å². The molecule has 1 aliphatic heterocycles. The van der Waals surface area contributed by atoms with E-state index in [2.05, 4.69) is 5.32 Å². The average Bonchev–Trinajstić information content (AvgIpc) is 3.17. The molecule has 3 aromatic rings. The Bertz CT molecular complexity index is 936. The Morgan fingerprint density at radius 1 is 1.00 bits per heavy atom. The SMILES string of the molecule is O=C(NCc1ccc2c(c1)OCCO2)c1ccc(-c2ccc(F)cc2)s1. The number of carbonyl (C=O) groups is 1. The van der Waals surface area contributed by atoms with Gasteiger partial charge in [-0.15, -0.1) is 11.3 Å². The molecular weight excluding hydrogens is 353 g/mol. The second-order valence-electron chi connectivity index (χ2n) is 5.83. The Morgan fingerprint density at radius 2 is 1.77 bits per heavy atom. The van der Waals surface area contributed by atoms with Crippen LogP contribution in [0.1, 0.15) is 15.2 Å². The zero-order chi connectivity index (χ0) is 17.9. The third-order valence-electron chi connectivity index (χ3n) is 4.02. The van der Waals surface area contributed by atoms with Gasteiger partial charge in [-0.2, -0.15) is 0 Å². The topological polar surface area (TPSA) is 47.6 Å². The third-order valence-corrected chi connectivity index (χ3v) is 5.15. The molecule has 1 aliphatic rings. The molecule has 0 saturated carbocycles. The largest absolute Gasteiger partial charge is 0.486 e.